The number of para-hydroxylation sites is 1. The average molecular weight is 903 g/mol. The molecule has 4 aromatic rings. The van der Waals surface area contributed by atoms with E-state index in [1.807, 2.05) is 0 Å². The lowest BCUT2D eigenvalue weighted by molar-refractivity contribution is -0.140. The van der Waals surface area contributed by atoms with Gasteiger partial charge in [0, 0.05) is 23.7 Å². The van der Waals surface area contributed by atoms with Gasteiger partial charge in [-0.25, -0.2) is 0 Å². The minimum atomic E-state index is -4.50. The van der Waals surface area contributed by atoms with Crippen LogP contribution in [0.5, 0.6) is 11.5 Å². The molecule has 0 saturated carbocycles. The van der Waals surface area contributed by atoms with Gasteiger partial charge in [-0.2, -0.15) is 18.6 Å². The maximum absolute atomic E-state index is 14.5. The van der Waals surface area contributed by atoms with E-state index in [-0.39, 0.29) is 39.7 Å². The molecule has 2 unspecified atom stereocenters. The molecule has 0 aliphatic carbocycles. The lowest BCUT2D eigenvalue weighted by Gasteiger charge is -2.32. The zero-order chi connectivity index (χ0) is 44.6. The standard InChI is InChI=1S/C45H61Cl2N5O8S/c1-6-8-9-10-11-12-13-14-15-16-17-18-20-23-32-28-34(26-27-40(32)61(56,57)58)60-38(7-2)41(53)48-31-44(3,4)42(54)45(47,43(55)49-33-24-21-19-22-25-33)52-50-36-29-35(46)39(59-5)30-37(36)51-52/h19,21-22,24-30,38H,6-18,20,23,31H2,1-5H3,(H,48,53)(H,49,55)(H,56,57,58). The zero-order valence-corrected chi connectivity index (χ0v) is 38.3. The Labute approximate surface area is 370 Å². The minimum Gasteiger partial charge on any atom is -0.495 e. The van der Waals surface area contributed by atoms with Gasteiger partial charge in [0.2, 0.25) is 0 Å². The molecular weight excluding hydrogens is 841 g/mol. The quantitative estimate of drug-likeness (QED) is 0.0226. The van der Waals surface area contributed by atoms with Crippen molar-refractivity contribution in [3.05, 3.63) is 71.2 Å². The Bertz CT molecular complexity index is 2180. The summed E-state index contributed by atoms with van der Waals surface area (Å²) in [6.07, 6.45) is 14.9. The van der Waals surface area contributed by atoms with E-state index in [1.165, 1.54) is 103 Å². The second-order valence-electron chi connectivity index (χ2n) is 16.1. The van der Waals surface area contributed by atoms with Crippen molar-refractivity contribution in [2.24, 2.45) is 5.41 Å². The topological polar surface area (TPSA) is 179 Å². The van der Waals surface area contributed by atoms with Gasteiger partial charge in [0.25, 0.3) is 26.9 Å². The summed E-state index contributed by atoms with van der Waals surface area (Å²) < 4.78 is 45.9. The predicted octanol–water partition coefficient (Wildman–Crippen LogP) is 10.1. The number of Topliss-reactive ketones (excluding diaryl/α,β-unsaturated/α-hetero) is 1. The molecule has 16 heteroatoms. The Morgan fingerprint density at radius 2 is 1.41 bits per heavy atom. The van der Waals surface area contributed by atoms with Crippen LogP contribution in [-0.2, 0) is 35.9 Å². The number of anilines is 1. The first-order valence-electron chi connectivity index (χ1n) is 21.3. The molecule has 2 amide bonds. The number of ketones is 1. The fraction of sp³-hybridized carbons (Fsp3) is 0.533. The van der Waals surface area contributed by atoms with Crippen LogP contribution in [0.25, 0.3) is 11.0 Å². The predicted molar refractivity (Wildman–Crippen MR) is 240 cm³/mol. The van der Waals surface area contributed by atoms with Crippen LogP contribution in [-0.4, -0.2) is 65.3 Å². The first-order chi connectivity index (χ1) is 29.0. The van der Waals surface area contributed by atoms with E-state index in [1.54, 1.807) is 43.3 Å². The van der Waals surface area contributed by atoms with Crippen LogP contribution >= 0.6 is 23.2 Å². The number of methoxy groups -OCH3 is 1. The minimum absolute atomic E-state index is 0.195. The van der Waals surface area contributed by atoms with Crippen LogP contribution in [0, 0.1) is 5.41 Å². The molecule has 0 radical (unpaired) electrons. The average Bonchev–Trinajstić information content (AvgIpc) is 3.65. The summed E-state index contributed by atoms with van der Waals surface area (Å²) in [5, 5.41) is 14.5. The molecule has 0 saturated heterocycles. The van der Waals surface area contributed by atoms with E-state index in [0.29, 0.717) is 23.4 Å². The fourth-order valence-corrected chi connectivity index (χ4v) is 8.43. The van der Waals surface area contributed by atoms with Crippen LogP contribution in [0.4, 0.5) is 5.69 Å². The van der Waals surface area contributed by atoms with Crippen molar-refractivity contribution in [1.82, 2.24) is 20.3 Å². The Morgan fingerprint density at radius 3 is 1.97 bits per heavy atom. The second-order valence-corrected chi connectivity index (χ2v) is 18.4. The van der Waals surface area contributed by atoms with Crippen LogP contribution in [0.15, 0.2) is 65.6 Å². The van der Waals surface area contributed by atoms with E-state index < -0.39 is 44.2 Å². The number of nitrogens with zero attached hydrogens (tertiary/aromatic N) is 3. The number of unbranched alkanes of at least 4 members (excludes halogenated alkanes) is 12. The summed E-state index contributed by atoms with van der Waals surface area (Å²) in [7, 11) is -3.07. The lowest BCUT2D eigenvalue weighted by atomic mass is 9.83. The number of carbonyl (C=O) groups excluding carboxylic acids is 3. The van der Waals surface area contributed by atoms with E-state index in [9.17, 15) is 27.4 Å². The third-order valence-electron chi connectivity index (χ3n) is 10.7. The number of fused-ring (bicyclic) bond motifs is 1. The molecule has 0 bridgehead atoms. The van der Waals surface area contributed by atoms with Crippen molar-refractivity contribution in [2.75, 3.05) is 19.0 Å². The van der Waals surface area contributed by atoms with Crippen LogP contribution in [0.1, 0.15) is 123 Å². The normalized spacial score (nSPS) is 13.4. The van der Waals surface area contributed by atoms with Crippen molar-refractivity contribution < 1.29 is 36.8 Å². The molecule has 4 rings (SSSR count). The molecule has 3 N–H and O–H groups in total. The molecule has 1 heterocycles. The Kier molecular flexibility index (Phi) is 18.9. The van der Waals surface area contributed by atoms with Crippen molar-refractivity contribution in [1.29, 1.82) is 0 Å². The molecule has 2 atom stereocenters. The first kappa shape index (κ1) is 49.4. The third-order valence-corrected chi connectivity index (χ3v) is 12.4. The molecule has 334 valence electrons. The van der Waals surface area contributed by atoms with Crippen molar-refractivity contribution in [2.45, 2.75) is 140 Å². The fourth-order valence-electron chi connectivity index (χ4n) is 7.08. The van der Waals surface area contributed by atoms with Gasteiger partial charge >= 0.3 is 0 Å². The van der Waals surface area contributed by atoms with Gasteiger partial charge in [-0.1, -0.05) is 146 Å². The Morgan fingerprint density at radius 1 is 0.836 bits per heavy atom. The van der Waals surface area contributed by atoms with Crippen molar-refractivity contribution in [3.63, 3.8) is 0 Å². The third kappa shape index (κ3) is 13.9. The number of aromatic nitrogens is 3. The number of hydrogen-bond donors (Lipinski definition) is 3. The smallest absolute Gasteiger partial charge is 0.294 e. The number of aryl methyl sites for hydroxylation is 1. The first-order valence-corrected chi connectivity index (χ1v) is 23.5. The maximum atomic E-state index is 14.5. The molecule has 13 nitrogen and oxygen atoms in total. The zero-order valence-electron chi connectivity index (χ0n) is 36.0. The van der Waals surface area contributed by atoms with Gasteiger partial charge in [0.15, 0.2) is 11.9 Å². The monoisotopic (exact) mass is 901 g/mol. The summed E-state index contributed by atoms with van der Waals surface area (Å²) in [5.74, 6) is -1.75. The van der Waals surface area contributed by atoms with E-state index in [4.69, 9.17) is 32.7 Å². The number of rotatable bonds is 27. The molecule has 0 aliphatic heterocycles. The van der Waals surface area contributed by atoms with Gasteiger partial charge < -0.3 is 20.1 Å². The number of nitrogens with one attached hydrogen (secondary N) is 2. The van der Waals surface area contributed by atoms with Gasteiger partial charge in [-0.05, 0) is 61.2 Å². The highest BCUT2D eigenvalue weighted by molar-refractivity contribution is 7.85. The Balaban J connectivity index is 1.41. The van der Waals surface area contributed by atoms with E-state index in [2.05, 4.69) is 27.8 Å². The molecule has 61 heavy (non-hydrogen) atoms. The second kappa shape index (κ2) is 23.3. The lowest BCUT2D eigenvalue weighted by Crippen LogP contribution is -2.56. The summed E-state index contributed by atoms with van der Waals surface area (Å²) >= 11 is 13.4. The number of alkyl halides is 1. The molecule has 0 spiro atoms. The van der Waals surface area contributed by atoms with Gasteiger partial charge in [0.1, 0.15) is 22.5 Å². The summed E-state index contributed by atoms with van der Waals surface area (Å²) in [5.41, 5.74) is -0.187. The molecule has 3 aromatic carbocycles. The number of benzene rings is 3. The number of ether oxygens (including phenoxy) is 2. The van der Waals surface area contributed by atoms with Crippen LogP contribution < -0.4 is 20.1 Å². The number of halogens is 2. The summed E-state index contributed by atoms with van der Waals surface area (Å²) in [6.45, 7) is 6.78. The van der Waals surface area contributed by atoms with Gasteiger partial charge in [-0.15, -0.1) is 4.80 Å². The highest BCUT2D eigenvalue weighted by Gasteiger charge is 2.54. The highest BCUT2D eigenvalue weighted by Crippen LogP contribution is 2.36. The maximum Gasteiger partial charge on any atom is 0.294 e. The van der Waals surface area contributed by atoms with E-state index in [0.717, 1.165) is 30.5 Å². The van der Waals surface area contributed by atoms with E-state index >= 15 is 0 Å². The number of hydrogen-bond acceptors (Lipinski definition) is 9. The molecule has 0 fully saturated rings. The largest absolute Gasteiger partial charge is 0.495 e. The SMILES string of the molecule is CCCCCCCCCCCCCCCc1cc(OC(CC)C(=O)NCC(C)(C)C(=O)C(Cl)(C(=O)Nc2ccccc2)n2nc3cc(Cl)c(OC)cc3n2)ccc1S(=O)(=O)O. The molecular formula is C45H61Cl2N5O8S. The molecule has 0 aliphatic rings. The van der Waals surface area contributed by atoms with Crippen LogP contribution in [0.3, 0.4) is 0 Å². The van der Waals surface area contributed by atoms with Crippen LogP contribution in [0.2, 0.25) is 5.02 Å². The van der Waals surface area contributed by atoms with Gasteiger partial charge in [0.05, 0.1) is 17.0 Å². The van der Waals surface area contributed by atoms with Crippen molar-refractivity contribution in [3.8, 4) is 11.5 Å². The van der Waals surface area contributed by atoms with Crippen molar-refractivity contribution >= 4 is 67.6 Å². The summed E-state index contributed by atoms with van der Waals surface area (Å²) in [6, 6.07) is 15.7. The number of amides is 2. The van der Waals surface area contributed by atoms with Gasteiger partial charge in [-0.3, -0.25) is 18.9 Å². The number of carbonyl (C=O) groups is 3. The summed E-state index contributed by atoms with van der Waals surface area (Å²) in [4.78, 5) is 40.3. The molecule has 1 aromatic heterocycles. The Hall–Kier alpha value is -4.24. The highest BCUT2D eigenvalue weighted by atomic mass is 35.5.